The minimum Gasteiger partial charge on any atom is -0.489 e. The van der Waals surface area contributed by atoms with E-state index in [4.69, 9.17) is 32.7 Å². The van der Waals surface area contributed by atoms with Crippen molar-refractivity contribution in [3.63, 3.8) is 0 Å². The van der Waals surface area contributed by atoms with E-state index in [1.165, 1.54) is 19.3 Å². The van der Waals surface area contributed by atoms with E-state index < -0.39 is 0 Å². The summed E-state index contributed by atoms with van der Waals surface area (Å²) in [4.78, 5) is 0. The van der Waals surface area contributed by atoms with Crippen molar-refractivity contribution >= 4 is 23.2 Å². The molecule has 3 rings (SSSR count). The van der Waals surface area contributed by atoms with Gasteiger partial charge in [-0.15, -0.1) is 0 Å². The molecule has 1 atom stereocenters. The Balaban J connectivity index is 1.65. The first-order valence-corrected chi connectivity index (χ1v) is 8.43. The van der Waals surface area contributed by atoms with Gasteiger partial charge in [0.15, 0.2) is 0 Å². The maximum Gasteiger partial charge on any atom is 0.142 e. The van der Waals surface area contributed by atoms with Crippen LogP contribution in [0.15, 0.2) is 12.1 Å². The van der Waals surface area contributed by atoms with Crippen LogP contribution in [-0.2, 0) is 11.3 Å². The predicted molar refractivity (Wildman–Crippen MR) is 85.4 cm³/mol. The summed E-state index contributed by atoms with van der Waals surface area (Å²) < 4.78 is 11.7. The molecule has 0 aromatic heterocycles. The molecular weight excluding hydrogens is 309 g/mol. The van der Waals surface area contributed by atoms with E-state index in [9.17, 15) is 0 Å². The van der Waals surface area contributed by atoms with Gasteiger partial charge < -0.3 is 14.8 Å². The lowest BCUT2D eigenvalue weighted by atomic mass is 10.1. The molecule has 3 nitrogen and oxygen atoms in total. The number of benzene rings is 1. The molecule has 0 spiro atoms. The number of hydrogen-bond donors (Lipinski definition) is 1. The summed E-state index contributed by atoms with van der Waals surface area (Å²) in [7, 11) is 0. The Morgan fingerprint density at radius 3 is 2.76 bits per heavy atom. The van der Waals surface area contributed by atoms with Gasteiger partial charge in [0, 0.05) is 29.8 Å². The Kier molecular flexibility index (Phi) is 5.28. The van der Waals surface area contributed by atoms with Gasteiger partial charge in [0.25, 0.3) is 0 Å². The average Bonchev–Trinajstić information content (AvgIpc) is 3.29. The van der Waals surface area contributed by atoms with Gasteiger partial charge in [0.2, 0.25) is 0 Å². The molecule has 2 fully saturated rings. The Labute approximate surface area is 135 Å². The summed E-state index contributed by atoms with van der Waals surface area (Å²) in [6.07, 6.45) is 6.09. The number of ether oxygens (including phenoxy) is 2. The fraction of sp³-hybridized carbons (Fsp3) is 0.625. The van der Waals surface area contributed by atoms with Gasteiger partial charge in [-0.05, 0) is 44.2 Å². The van der Waals surface area contributed by atoms with E-state index in [1.807, 2.05) is 6.07 Å². The number of rotatable bonds is 6. The smallest absolute Gasteiger partial charge is 0.142 e. The van der Waals surface area contributed by atoms with Crippen molar-refractivity contribution in [3.05, 3.63) is 27.7 Å². The van der Waals surface area contributed by atoms with Crippen molar-refractivity contribution in [1.29, 1.82) is 0 Å². The van der Waals surface area contributed by atoms with Crippen LogP contribution in [0.3, 0.4) is 0 Å². The molecule has 1 saturated heterocycles. The van der Waals surface area contributed by atoms with Crippen molar-refractivity contribution in [1.82, 2.24) is 5.32 Å². The van der Waals surface area contributed by atoms with E-state index in [0.29, 0.717) is 22.7 Å². The van der Waals surface area contributed by atoms with E-state index >= 15 is 0 Å². The Hall–Kier alpha value is -0.480. The number of hydrogen-bond acceptors (Lipinski definition) is 3. The van der Waals surface area contributed by atoms with Gasteiger partial charge in [-0.2, -0.15) is 0 Å². The van der Waals surface area contributed by atoms with Crippen LogP contribution < -0.4 is 10.1 Å². The summed E-state index contributed by atoms with van der Waals surface area (Å²) in [5.41, 5.74) is 1.02. The third-order valence-electron chi connectivity index (χ3n) is 3.93. The minimum atomic E-state index is 0.176. The van der Waals surface area contributed by atoms with Gasteiger partial charge in [-0.25, -0.2) is 0 Å². The molecule has 0 amide bonds. The first kappa shape index (κ1) is 15.4. The highest BCUT2D eigenvalue weighted by atomic mass is 35.5. The van der Waals surface area contributed by atoms with Crippen LogP contribution in [0.4, 0.5) is 0 Å². The van der Waals surface area contributed by atoms with Crippen molar-refractivity contribution in [2.24, 2.45) is 0 Å². The van der Waals surface area contributed by atoms with Gasteiger partial charge in [0.1, 0.15) is 12.4 Å². The lowest BCUT2D eigenvalue weighted by Gasteiger charge is -2.23. The van der Waals surface area contributed by atoms with Crippen LogP contribution in [0.5, 0.6) is 5.75 Å². The molecule has 0 bridgehead atoms. The Morgan fingerprint density at radius 2 is 2.05 bits per heavy atom. The second-order valence-electron chi connectivity index (χ2n) is 5.83. The molecule has 5 heteroatoms. The van der Waals surface area contributed by atoms with E-state index in [-0.39, 0.29) is 6.10 Å². The molecule has 116 valence electrons. The van der Waals surface area contributed by atoms with Crippen LogP contribution in [0.25, 0.3) is 0 Å². The Morgan fingerprint density at radius 1 is 1.19 bits per heavy atom. The fourth-order valence-electron chi connectivity index (χ4n) is 2.56. The molecule has 1 saturated carbocycles. The monoisotopic (exact) mass is 329 g/mol. The highest BCUT2D eigenvalue weighted by Crippen LogP contribution is 2.33. The lowest BCUT2D eigenvalue weighted by molar-refractivity contribution is -0.0112. The van der Waals surface area contributed by atoms with Crippen molar-refractivity contribution in [2.45, 2.75) is 50.8 Å². The Bertz CT molecular complexity index is 485. The molecule has 1 heterocycles. The van der Waals surface area contributed by atoms with E-state index in [2.05, 4.69) is 5.32 Å². The zero-order chi connectivity index (χ0) is 14.7. The predicted octanol–water partition coefficient (Wildman–Crippen LogP) is 4.19. The first-order chi connectivity index (χ1) is 10.2. The highest BCUT2D eigenvalue weighted by molar-refractivity contribution is 6.35. The SMILES string of the molecule is Clc1cc(Cl)c(OCC2CCCCO2)c(CNC2CC2)c1. The van der Waals surface area contributed by atoms with Crippen molar-refractivity contribution in [3.8, 4) is 5.75 Å². The zero-order valence-corrected chi connectivity index (χ0v) is 13.6. The van der Waals surface area contributed by atoms with Crippen LogP contribution in [0.2, 0.25) is 10.0 Å². The van der Waals surface area contributed by atoms with Crippen LogP contribution in [0, 0.1) is 0 Å². The molecule has 2 aliphatic rings. The summed E-state index contributed by atoms with van der Waals surface area (Å²) in [5.74, 6) is 0.739. The number of halogens is 2. The largest absolute Gasteiger partial charge is 0.489 e. The number of nitrogens with one attached hydrogen (secondary N) is 1. The molecule has 1 aromatic carbocycles. The average molecular weight is 330 g/mol. The first-order valence-electron chi connectivity index (χ1n) is 7.68. The summed E-state index contributed by atoms with van der Waals surface area (Å²) in [6, 6.07) is 4.30. The van der Waals surface area contributed by atoms with Gasteiger partial charge >= 0.3 is 0 Å². The topological polar surface area (TPSA) is 30.5 Å². The summed E-state index contributed by atoms with van der Waals surface area (Å²) >= 11 is 12.4. The minimum absolute atomic E-state index is 0.176. The fourth-order valence-corrected chi connectivity index (χ4v) is 3.15. The highest BCUT2D eigenvalue weighted by Gasteiger charge is 2.22. The van der Waals surface area contributed by atoms with Crippen LogP contribution in [0.1, 0.15) is 37.7 Å². The molecule has 0 radical (unpaired) electrons. The third-order valence-corrected chi connectivity index (χ3v) is 4.43. The van der Waals surface area contributed by atoms with Crippen molar-refractivity contribution < 1.29 is 9.47 Å². The van der Waals surface area contributed by atoms with Gasteiger partial charge in [0.05, 0.1) is 11.1 Å². The normalized spacial score (nSPS) is 22.3. The maximum absolute atomic E-state index is 6.31. The molecule has 1 aliphatic heterocycles. The second kappa shape index (κ2) is 7.19. The quantitative estimate of drug-likeness (QED) is 0.848. The van der Waals surface area contributed by atoms with E-state index in [1.54, 1.807) is 6.07 Å². The van der Waals surface area contributed by atoms with E-state index in [0.717, 1.165) is 37.3 Å². The van der Waals surface area contributed by atoms with Crippen molar-refractivity contribution in [2.75, 3.05) is 13.2 Å². The van der Waals surface area contributed by atoms with Gasteiger partial charge in [-0.1, -0.05) is 23.2 Å². The molecule has 1 aromatic rings. The zero-order valence-electron chi connectivity index (χ0n) is 12.0. The molecule has 21 heavy (non-hydrogen) atoms. The molecule has 1 aliphatic carbocycles. The maximum atomic E-state index is 6.31. The molecular formula is C16H21Cl2NO2. The molecule has 1 unspecified atom stereocenters. The summed E-state index contributed by atoms with van der Waals surface area (Å²) in [5, 5.41) is 4.70. The molecule has 1 N–H and O–H groups in total. The second-order valence-corrected chi connectivity index (χ2v) is 6.67. The van der Waals surface area contributed by atoms with Crippen LogP contribution in [-0.4, -0.2) is 25.4 Å². The third kappa shape index (κ3) is 4.49. The van der Waals surface area contributed by atoms with Gasteiger partial charge in [-0.3, -0.25) is 0 Å². The standard InChI is InChI=1S/C16H21Cl2NO2/c17-12-7-11(9-19-13-4-5-13)16(15(18)8-12)21-10-14-3-1-2-6-20-14/h7-8,13-14,19H,1-6,9-10H2. The summed E-state index contributed by atoms with van der Waals surface area (Å²) in [6.45, 7) is 2.13. The van der Waals surface area contributed by atoms with Crippen LogP contribution >= 0.6 is 23.2 Å². The lowest BCUT2D eigenvalue weighted by Crippen LogP contribution is -2.26.